The molecule has 1 aliphatic rings. The van der Waals surface area contributed by atoms with Crippen molar-refractivity contribution >= 4 is 27.0 Å². The number of aryl methyl sites for hydroxylation is 1. The number of hydrogen-bond donors (Lipinski definition) is 0. The zero-order chi connectivity index (χ0) is 22.3. The monoisotopic (exact) mass is 469 g/mol. The Morgan fingerprint density at radius 3 is 2.66 bits per heavy atom. The third kappa shape index (κ3) is 3.61. The number of thiophene rings is 1. The molecule has 5 rings (SSSR count). The Bertz CT molecular complexity index is 1390. The second kappa shape index (κ2) is 7.95. The standard InChI is InChI=1S/C22H19N3O5S2/c1-14-4-3-5-15(12-14)21-23-22(30-24-21)20-19(8-11-31-20)32(26,27)25(2)16-6-7-17-18(13-16)29-10-9-28-17/h3-8,11-13H,9-10H2,1-2H3. The molecule has 10 heteroatoms. The number of rotatable bonds is 5. The average molecular weight is 470 g/mol. The van der Waals surface area contributed by atoms with Crippen molar-refractivity contribution in [3.63, 3.8) is 0 Å². The molecule has 0 saturated heterocycles. The van der Waals surface area contributed by atoms with Crippen molar-refractivity contribution < 1.29 is 22.4 Å². The Kier molecular flexibility index (Phi) is 5.10. The molecular formula is C22H19N3O5S2. The predicted molar refractivity (Wildman–Crippen MR) is 121 cm³/mol. The highest BCUT2D eigenvalue weighted by atomic mass is 32.2. The van der Waals surface area contributed by atoms with Gasteiger partial charge in [-0.3, -0.25) is 4.31 Å². The fraction of sp³-hybridized carbons (Fsp3) is 0.182. The van der Waals surface area contributed by atoms with Gasteiger partial charge in [-0.2, -0.15) is 4.98 Å². The van der Waals surface area contributed by atoms with Crippen LogP contribution in [-0.4, -0.2) is 38.8 Å². The van der Waals surface area contributed by atoms with E-state index in [4.69, 9.17) is 14.0 Å². The number of hydrogen-bond acceptors (Lipinski definition) is 8. The van der Waals surface area contributed by atoms with Crippen molar-refractivity contribution in [2.75, 3.05) is 24.6 Å². The second-order valence-electron chi connectivity index (χ2n) is 7.21. The summed E-state index contributed by atoms with van der Waals surface area (Å²) in [6.45, 7) is 2.86. The fourth-order valence-electron chi connectivity index (χ4n) is 3.39. The SMILES string of the molecule is Cc1cccc(-c2noc(-c3sccc3S(=O)(=O)N(C)c3ccc4c(c3)OCCO4)n2)c1. The van der Waals surface area contributed by atoms with Gasteiger partial charge in [0.1, 0.15) is 23.0 Å². The van der Waals surface area contributed by atoms with Gasteiger partial charge in [0.15, 0.2) is 11.5 Å². The molecular weight excluding hydrogens is 450 g/mol. The van der Waals surface area contributed by atoms with Crippen LogP contribution in [0, 0.1) is 6.92 Å². The lowest BCUT2D eigenvalue weighted by Crippen LogP contribution is -2.27. The van der Waals surface area contributed by atoms with Gasteiger partial charge in [-0.05, 0) is 36.6 Å². The molecule has 0 spiro atoms. The van der Waals surface area contributed by atoms with Gasteiger partial charge >= 0.3 is 0 Å². The number of fused-ring (bicyclic) bond motifs is 1. The van der Waals surface area contributed by atoms with Crippen molar-refractivity contribution in [1.29, 1.82) is 0 Å². The van der Waals surface area contributed by atoms with E-state index in [1.165, 1.54) is 22.7 Å². The highest BCUT2D eigenvalue weighted by Gasteiger charge is 2.29. The predicted octanol–water partition coefficient (Wildman–Crippen LogP) is 4.37. The van der Waals surface area contributed by atoms with Gasteiger partial charge in [0.05, 0.1) is 5.69 Å². The molecule has 2 aromatic carbocycles. The third-order valence-electron chi connectivity index (χ3n) is 5.05. The minimum absolute atomic E-state index is 0.0966. The molecule has 0 saturated carbocycles. The van der Waals surface area contributed by atoms with E-state index in [1.54, 1.807) is 29.6 Å². The molecule has 0 aliphatic carbocycles. The molecule has 32 heavy (non-hydrogen) atoms. The van der Waals surface area contributed by atoms with Gasteiger partial charge < -0.3 is 14.0 Å². The summed E-state index contributed by atoms with van der Waals surface area (Å²) in [5, 5.41) is 5.73. The highest BCUT2D eigenvalue weighted by Crippen LogP contribution is 2.38. The molecule has 8 nitrogen and oxygen atoms in total. The largest absolute Gasteiger partial charge is 0.486 e. The van der Waals surface area contributed by atoms with Gasteiger partial charge in [0, 0.05) is 18.7 Å². The molecule has 1 aliphatic heterocycles. The maximum absolute atomic E-state index is 13.4. The maximum Gasteiger partial charge on any atom is 0.269 e. The van der Waals surface area contributed by atoms with Crippen molar-refractivity contribution in [1.82, 2.24) is 10.1 Å². The lowest BCUT2D eigenvalue weighted by Gasteiger charge is -2.23. The van der Waals surface area contributed by atoms with Crippen LogP contribution < -0.4 is 13.8 Å². The number of aromatic nitrogens is 2. The minimum atomic E-state index is -3.90. The van der Waals surface area contributed by atoms with Gasteiger partial charge in [0.2, 0.25) is 5.82 Å². The quantitative estimate of drug-likeness (QED) is 0.428. The van der Waals surface area contributed by atoms with Crippen molar-refractivity contribution in [2.45, 2.75) is 11.8 Å². The lowest BCUT2D eigenvalue weighted by molar-refractivity contribution is 0.171. The summed E-state index contributed by atoms with van der Waals surface area (Å²) in [4.78, 5) is 4.93. The van der Waals surface area contributed by atoms with Crippen LogP contribution in [0.5, 0.6) is 11.5 Å². The van der Waals surface area contributed by atoms with Crippen LogP contribution in [0.4, 0.5) is 5.69 Å². The number of sulfonamides is 1. The molecule has 4 aromatic rings. The third-order valence-corrected chi connectivity index (χ3v) is 7.91. The van der Waals surface area contributed by atoms with Crippen molar-refractivity contribution in [3.05, 3.63) is 59.5 Å². The normalized spacial score (nSPS) is 13.2. The summed E-state index contributed by atoms with van der Waals surface area (Å²) in [5.74, 6) is 1.67. The topological polar surface area (TPSA) is 94.8 Å². The van der Waals surface area contributed by atoms with E-state index >= 15 is 0 Å². The van der Waals surface area contributed by atoms with Gasteiger partial charge in [0.25, 0.3) is 15.9 Å². The van der Waals surface area contributed by atoms with E-state index in [0.717, 1.165) is 11.1 Å². The second-order valence-corrected chi connectivity index (χ2v) is 10.1. The van der Waals surface area contributed by atoms with E-state index < -0.39 is 10.0 Å². The van der Waals surface area contributed by atoms with E-state index in [0.29, 0.717) is 41.1 Å². The number of anilines is 1. The van der Waals surface area contributed by atoms with E-state index in [9.17, 15) is 8.42 Å². The molecule has 0 amide bonds. The highest BCUT2D eigenvalue weighted by molar-refractivity contribution is 7.93. The van der Waals surface area contributed by atoms with Crippen LogP contribution >= 0.6 is 11.3 Å². The Balaban J connectivity index is 1.49. The molecule has 0 unspecified atom stereocenters. The van der Waals surface area contributed by atoms with Crippen LogP contribution in [0.25, 0.3) is 22.2 Å². The van der Waals surface area contributed by atoms with Crippen LogP contribution in [0.15, 0.2) is 63.3 Å². The molecule has 0 radical (unpaired) electrons. The smallest absolute Gasteiger partial charge is 0.269 e. The van der Waals surface area contributed by atoms with E-state index in [1.807, 2.05) is 31.2 Å². The van der Waals surface area contributed by atoms with Crippen molar-refractivity contribution in [2.24, 2.45) is 0 Å². The van der Waals surface area contributed by atoms with Gasteiger partial charge in [-0.25, -0.2) is 8.42 Å². The molecule has 0 N–H and O–H groups in total. The van der Waals surface area contributed by atoms with Crippen LogP contribution in [0.3, 0.4) is 0 Å². The van der Waals surface area contributed by atoms with Crippen molar-refractivity contribution in [3.8, 4) is 33.7 Å². The molecule has 2 aromatic heterocycles. The zero-order valence-corrected chi connectivity index (χ0v) is 18.9. The maximum atomic E-state index is 13.4. The summed E-state index contributed by atoms with van der Waals surface area (Å²) in [6.07, 6.45) is 0. The average Bonchev–Trinajstić information content (AvgIpc) is 3.48. The first-order valence-corrected chi connectivity index (χ1v) is 12.1. The molecule has 0 atom stereocenters. The Morgan fingerprint density at radius 1 is 1.03 bits per heavy atom. The molecule has 0 fully saturated rings. The summed E-state index contributed by atoms with van der Waals surface area (Å²) < 4.78 is 44.6. The fourth-order valence-corrected chi connectivity index (χ4v) is 5.89. The van der Waals surface area contributed by atoms with E-state index in [-0.39, 0.29) is 10.8 Å². The molecule has 3 heterocycles. The summed E-state index contributed by atoms with van der Waals surface area (Å²) in [7, 11) is -2.40. The first kappa shape index (κ1) is 20.5. The number of nitrogens with zero attached hydrogens (tertiary/aromatic N) is 3. The lowest BCUT2D eigenvalue weighted by atomic mass is 10.1. The summed E-state index contributed by atoms with van der Waals surface area (Å²) in [5.41, 5.74) is 2.32. The van der Waals surface area contributed by atoms with E-state index in [2.05, 4.69) is 10.1 Å². The zero-order valence-electron chi connectivity index (χ0n) is 17.3. The Hall–Kier alpha value is -3.37. The minimum Gasteiger partial charge on any atom is -0.486 e. The first-order chi connectivity index (χ1) is 15.4. The number of ether oxygens (including phenoxy) is 2. The van der Waals surface area contributed by atoms with Gasteiger partial charge in [-0.1, -0.05) is 28.9 Å². The van der Waals surface area contributed by atoms with Crippen LogP contribution in [0.1, 0.15) is 5.56 Å². The number of benzene rings is 2. The first-order valence-electron chi connectivity index (χ1n) is 9.81. The Labute approximate surface area is 189 Å². The van der Waals surface area contributed by atoms with Gasteiger partial charge in [-0.15, -0.1) is 11.3 Å². The summed E-state index contributed by atoms with van der Waals surface area (Å²) >= 11 is 1.23. The summed E-state index contributed by atoms with van der Waals surface area (Å²) in [6, 6.07) is 14.3. The van der Waals surface area contributed by atoms with Crippen LogP contribution in [-0.2, 0) is 10.0 Å². The van der Waals surface area contributed by atoms with Crippen LogP contribution in [0.2, 0.25) is 0 Å². The Morgan fingerprint density at radius 2 is 1.84 bits per heavy atom. The molecule has 164 valence electrons. The molecule has 0 bridgehead atoms.